The highest BCUT2D eigenvalue weighted by atomic mass is 16.2. The first kappa shape index (κ1) is 14.5. The first-order valence-corrected chi connectivity index (χ1v) is 7.08. The standard InChI is InChI=1S/C15H21N3O2/c1-10-6-5-9-13(16-10)18-15(20)14(17-11(2)19)12-7-3-4-8-12/h5-6,9,12,14H,3-4,7-8H2,1-2H3,(H,17,19)(H,16,18,20). The Labute approximate surface area is 119 Å². The molecular weight excluding hydrogens is 254 g/mol. The van der Waals surface area contributed by atoms with E-state index in [0.29, 0.717) is 5.82 Å². The van der Waals surface area contributed by atoms with Crippen LogP contribution in [0.4, 0.5) is 5.82 Å². The molecule has 1 aliphatic rings. The normalized spacial score (nSPS) is 16.7. The van der Waals surface area contributed by atoms with Gasteiger partial charge in [-0.15, -0.1) is 0 Å². The lowest BCUT2D eigenvalue weighted by Crippen LogP contribution is -2.47. The number of anilines is 1. The van der Waals surface area contributed by atoms with Gasteiger partial charge in [0.15, 0.2) is 0 Å². The van der Waals surface area contributed by atoms with Crippen molar-refractivity contribution in [2.45, 2.75) is 45.6 Å². The Kier molecular flexibility index (Phi) is 4.71. The van der Waals surface area contributed by atoms with Crippen molar-refractivity contribution in [3.05, 3.63) is 23.9 Å². The van der Waals surface area contributed by atoms with Crippen molar-refractivity contribution in [1.82, 2.24) is 10.3 Å². The summed E-state index contributed by atoms with van der Waals surface area (Å²) in [6.07, 6.45) is 4.21. The van der Waals surface area contributed by atoms with Gasteiger partial charge in [-0.05, 0) is 37.8 Å². The molecular formula is C15H21N3O2. The molecule has 1 aliphatic carbocycles. The third-order valence-electron chi connectivity index (χ3n) is 3.65. The smallest absolute Gasteiger partial charge is 0.248 e. The first-order valence-electron chi connectivity index (χ1n) is 7.08. The Morgan fingerprint density at radius 2 is 2.00 bits per heavy atom. The largest absolute Gasteiger partial charge is 0.344 e. The number of hydrogen-bond donors (Lipinski definition) is 2. The molecule has 1 heterocycles. The molecule has 1 aromatic rings. The molecule has 5 nitrogen and oxygen atoms in total. The second-order valence-electron chi connectivity index (χ2n) is 5.38. The summed E-state index contributed by atoms with van der Waals surface area (Å²) >= 11 is 0. The van der Waals surface area contributed by atoms with E-state index in [2.05, 4.69) is 15.6 Å². The van der Waals surface area contributed by atoms with Gasteiger partial charge in [0.2, 0.25) is 11.8 Å². The third kappa shape index (κ3) is 3.79. The molecule has 1 aromatic heterocycles. The van der Waals surface area contributed by atoms with Crippen LogP contribution in [-0.2, 0) is 9.59 Å². The molecule has 0 aliphatic heterocycles. The van der Waals surface area contributed by atoms with Gasteiger partial charge in [0.1, 0.15) is 11.9 Å². The van der Waals surface area contributed by atoms with Crippen LogP contribution in [0.2, 0.25) is 0 Å². The highest BCUT2D eigenvalue weighted by Gasteiger charge is 2.31. The summed E-state index contributed by atoms with van der Waals surface area (Å²) in [5, 5.41) is 5.58. The predicted octanol–water partition coefficient (Wildman–Crippen LogP) is 2.02. The maximum atomic E-state index is 12.4. The van der Waals surface area contributed by atoms with Crippen LogP contribution in [0.3, 0.4) is 0 Å². The van der Waals surface area contributed by atoms with Gasteiger partial charge in [-0.3, -0.25) is 9.59 Å². The average molecular weight is 275 g/mol. The molecule has 1 unspecified atom stereocenters. The molecule has 0 spiro atoms. The van der Waals surface area contributed by atoms with Crippen molar-refractivity contribution in [1.29, 1.82) is 0 Å². The van der Waals surface area contributed by atoms with Crippen molar-refractivity contribution >= 4 is 17.6 Å². The maximum absolute atomic E-state index is 12.4. The molecule has 1 atom stereocenters. The van der Waals surface area contributed by atoms with Crippen molar-refractivity contribution in [2.75, 3.05) is 5.32 Å². The second kappa shape index (κ2) is 6.50. The van der Waals surface area contributed by atoms with Gasteiger partial charge in [0.25, 0.3) is 0 Å². The Morgan fingerprint density at radius 3 is 2.60 bits per heavy atom. The van der Waals surface area contributed by atoms with Gasteiger partial charge in [-0.1, -0.05) is 18.9 Å². The molecule has 0 saturated heterocycles. The van der Waals surface area contributed by atoms with Crippen LogP contribution < -0.4 is 10.6 Å². The quantitative estimate of drug-likeness (QED) is 0.883. The van der Waals surface area contributed by atoms with Crippen LogP contribution in [0.25, 0.3) is 0 Å². The van der Waals surface area contributed by atoms with Crippen molar-refractivity contribution < 1.29 is 9.59 Å². The Bertz CT molecular complexity index is 496. The Balaban J connectivity index is 2.07. The molecule has 2 N–H and O–H groups in total. The third-order valence-corrected chi connectivity index (χ3v) is 3.65. The molecule has 0 bridgehead atoms. The van der Waals surface area contributed by atoms with Crippen molar-refractivity contribution in [3.8, 4) is 0 Å². The number of hydrogen-bond acceptors (Lipinski definition) is 3. The van der Waals surface area contributed by atoms with Crippen LogP contribution in [0.5, 0.6) is 0 Å². The zero-order valence-electron chi connectivity index (χ0n) is 12.0. The van der Waals surface area contributed by atoms with Gasteiger partial charge in [-0.25, -0.2) is 4.98 Å². The zero-order chi connectivity index (χ0) is 14.5. The monoisotopic (exact) mass is 275 g/mol. The minimum absolute atomic E-state index is 0.172. The van der Waals surface area contributed by atoms with Gasteiger partial charge in [0, 0.05) is 12.6 Å². The van der Waals surface area contributed by atoms with Gasteiger partial charge in [-0.2, -0.15) is 0 Å². The fraction of sp³-hybridized carbons (Fsp3) is 0.533. The number of pyridine rings is 1. The lowest BCUT2D eigenvalue weighted by Gasteiger charge is -2.23. The lowest BCUT2D eigenvalue weighted by atomic mass is 9.97. The number of nitrogens with zero attached hydrogens (tertiary/aromatic N) is 1. The van der Waals surface area contributed by atoms with Crippen LogP contribution in [0.15, 0.2) is 18.2 Å². The molecule has 2 amide bonds. The first-order chi connectivity index (χ1) is 9.56. The Morgan fingerprint density at radius 1 is 1.30 bits per heavy atom. The summed E-state index contributed by atoms with van der Waals surface area (Å²) in [5.41, 5.74) is 0.847. The number of aryl methyl sites for hydroxylation is 1. The molecule has 1 fully saturated rings. The summed E-state index contributed by atoms with van der Waals surface area (Å²) in [6, 6.07) is 5.01. The molecule has 108 valence electrons. The van der Waals surface area contributed by atoms with E-state index in [1.165, 1.54) is 6.92 Å². The fourth-order valence-electron chi connectivity index (χ4n) is 2.72. The van der Waals surface area contributed by atoms with E-state index in [1.54, 1.807) is 6.07 Å². The van der Waals surface area contributed by atoms with Crippen LogP contribution in [0, 0.1) is 12.8 Å². The summed E-state index contributed by atoms with van der Waals surface area (Å²) in [7, 11) is 0. The molecule has 0 aromatic carbocycles. The predicted molar refractivity (Wildman–Crippen MR) is 77.2 cm³/mol. The van der Waals surface area contributed by atoms with Gasteiger partial charge < -0.3 is 10.6 Å². The van der Waals surface area contributed by atoms with Gasteiger partial charge in [0.05, 0.1) is 0 Å². The fourth-order valence-corrected chi connectivity index (χ4v) is 2.72. The van der Waals surface area contributed by atoms with Crippen molar-refractivity contribution in [3.63, 3.8) is 0 Å². The van der Waals surface area contributed by atoms with E-state index in [0.717, 1.165) is 31.4 Å². The number of carbonyl (C=O) groups is 2. The van der Waals surface area contributed by atoms with E-state index >= 15 is 0 Å². The summed E-state index contributed by atoms with van der Waals surface area (Å²) in [5.74, 6) is 0.409. The van der Waals surface area contributed by atoms with E-state index in [-0.39, 0.29) is 17.7 Å². The topological polar surface area (TPSA) is 71.1 Å². The average Bonchev–Trinajstić information content (AvgIpc) is 2.89. The van der Waals surface area contributed by atoms with E-state index in [4.69, 9.17) is 0 Å². The van der Waals surface area contributed by atoms with Crippen LogP contribution in [-0.4, -0.2) is 22.8 Å². The van der Waals surface area contributed by atoms with Crippen molar-refractivity contribution in [2.24, 2.45) is 5.92 Å². The zero-order valence-corrected chi connectivity index (χ0v) is 12.0. The Hall–Kier alpha value is -1.91. The highest BCUT2D eigenvalue weighted by molar-refractivity contribution is 5.96. The van der Waals surface area contributed by atoms with E-state index < -0.39 is 6.04 Å². The molecule has 2 rings (SSSR count). The minimum Gasteiger partial charge on any atom is -0.344 e. The lowest BCUT2D eigenvalue weighted by molar-refractivity contribution is -0.126. The molecule has 20 heavy (non-hydrogen) atoms. The molecule has 1 saturated carbocycles. The number of amides is 2. The van der Waals surface area contributed by atoms with E-state index in [9.17, 15) is 9.59 Å². The number of rotatable bonds is 4. The summed E-state index contributed by atoms with van der Waals surface area (Å²) in [6.45, 7) is 3.32. The van der Waals surface area contributed by atoms with Crippen LogP contribution in [0.1, 0.15) is 38.3 Å². The van der Waals surface area contributed by atoms with Crippen LogP contribution >= 0.6 is 0 Å². The van der Waals surface area contributed by atoms with E-state index in [1.807, 2.05) is 19.1 Å². The SMILES string of the molecule is CC(=O)NC(C(=O)Nc1cccc(C)n1)C1CCCC1. The highest BCUT2D eigenvalue weighted by Crippen LogP contribution is 2.28. The number of carbonyl (C=O) groups excluding carboxylic acids is 2. The molecule has 0 radical (unpaired) electrons. The minimum atomic E-state index is -0.461. The number of nitrogens with one attached hydrogen (secondary N) is 2. The summed E-state index contributed by atoms with van der Waals surface area (Å²) in [4.78, 5) is 28.0. The number of aromatic nitrogens is 1. The maximum Gasteiger partial charge on any atom is 0.248 e. The second-order valence-corrected chi connectivity index (χ2v) is 5.38. The summed E-state index contributed by atoms with van der Waals surface area (Å²) < 4.78 is 0. The van der Waals surface area contributed by atoms with Gasteiger partial charge >= 0.3 is 0 Å². The molecule has 5 heteroatoms.